The zero-order valence-corrected chi connectivity index (χ0v) is 11.0. The number of carboxylic acids is 1. The van der Waals surface area contributed by atoms with Crippen molar-refractivity contribution in [2.75, 3.05) is 5.73 Å². The van der Waals surface area contributed by atoms with Gasteiger partial charge < -0.3 is 10.8 Å². The minimum atomic E-state index is -2.67. The Balaban J connectivity index is 2.60. The minimum Gasteiger partial charge on any atom is -0.476 e. The van der Waals surface area contributed by atoms with E-state index in [0.717, 1.165) is 12.1 Å². The molecule has 0 saturated carbocycles. The van der Waals surface area contributed by atoms with Gasteiger partial charge in [0.1, 0.15) is 5.69 Å². The Labute approximate surface area is 122 Å². The van der Waals surface area contributed by atoms with E-state index in [9.17, 15) is 18.0 Å². The molecule has 0 aliphatic rings. The number of carboxylic acid groups (broad SMARTS) is 1. The van der Waals surface area contributed by atoms with Crippen LogP contribution in [0.4, 0.5) is 18.9 Å². The number of hydrogen-bond acceptors (Lipinski definition) is 3. The third-order valence-electron chi connectivity index (χ3n) is 2.75. The third kappa shape index (κ3) is 2.78. The van der Waals surface area contributed by atoms with Crippen LogP contribution in [-0.2, 0) is 0 Å². The van der Waals surface area contributed by atoms with E-state index >= 15 is 0 Å². The van der Waals surface area contributed by atoms with Gasteiger partial charge in [0, 0.05) is 11.1 Å². The first kappa shape index (κ1) is 15.1. The highest BCUT2D eigenvalue weighted by Gasteiger charge is 2.22. The van der Waals surface area contributed by atoms with Crippen LogP contribution in [0, 0.1) is 5.82 Å². The van der Waals surface area contributed by atoms with E-state index in [0.29, 0.717) is 0 Å². The lowest BCUT2D eigenvalue weighted by Gasteiger charge is -2.10. The lowest BCUT2D eigenvalue weighted by atomic mass is 10.1. The van der Waals surface area contributed by atoms with Crippen molar-refractivity contribution in [3.8, 4) is 11.3 Å². The zero-order chi connectivity index (χ0) is 15.7. The second kappa shape index (κ2) is 5.61. The zero-order valence-electron chi connectivity index (χ0n) is 10.3. The van der Waals surface area contributed by atoms with Crippen molar-refractivity contribution in [1.82, 2.24) is 4.98 Å². The number of nitrogen functional groups attached to an aromatic ring is 1. The number of alkyl halides is 2. The molecule has 0 spiro atoms. The molecule has 0 unspecified atom stereocenters. The molecule has 0 aliphatic carbocycles. The van der Waals surface area contributed by atoms with Crippen LogP contribution in [0.3, 0.4) is 0 Å². The summed E-state index contributed by atoms with van der Waals surface area (Å²) in [6.45, 7) is 0. The number of benzene rings is 1. The van der Waals surface area contributed by atoms with Gasteiger partial charge >= 0.3 is 5.97 Å². The van der Waals surface area contributed by atoms with E-state index in [4.69, 9.17) is 22.4 Å². The Morgan fingerprint density at radius 3 is 2.33 bits per heavy atom. The molecule has 2 aromatic rings. The molecule has 0 fully saturated rings. The second-order valence-electron chi connectivity index (χ2n) is 4.08. The van der Waals surface area contributed by atoms with Crippen molar-refractivity contribution < 1.29 is 23.1 Å². The maximum Gasteiger partial charge on any atom is 0.356 e. The molecule has 1 aromatic heterocycles. The van der Waals surface area contributed by atoms with Gasteiger partial charge in [0.05, 0.1) is 10.7 Å². The van der Waals surface area contributed by atoms with Gasteiger partial charge in [0.15, 0.2) is 11.5 Å². The molecule has 8 heteroatoms. The molecule has 1 aromatic carbocycles. The van der Waals surface area contributed by atoms with Crippen LogP contribution < -0.4 is 5.73 Å². The van der Waals surface area contributed by atoms with Crippen molar-refractivity contribution in [3.05, 3.63) is 46.4 Å². The van der Waals surface area contributed by atoms with Crippen LogP contribution in [0.5, 0.6) is 0 Å². The normalized spacial score (nSPS) is 10.9. The summed E-state index contributed by atoms with van der Waals surface area (Å²) in [5, 5.41) is 8.44. The van der Waals surface area contributed by atoms with Gasteiger partial charge in [-0.25, -0.2) is 22.9 Å². The van der Waals surface area contributed by atoms with Gasteiger partial charge in [0.2, 0.25) is 0 Å². The van der Waals surface area contributed by atoms with Crippen LogP contribution in [0.1, 0.15) is 22.5 Å². The maximum absolute atomic E-state index is 14.0. The number of aromatic carboxylic acids is 1. The lowest BCUT2D eigenvalue weighted by molar-refractivity contribution is 0.0690. The van der Waals surface area contributed by atoms with Crippen molar-refractivity contribution in [3.63, 3.8) is 0 Å². The number of nitrogens with two attached hydrogens (primary N) is 1. The smallest absolute Gasteiger partial charge is 0.356 e. The predicted octanol–water partition coefficient (Wildman–Crippen LogP) is 3.76. The maximum atomic E-state index is 14.0. The molecule has 0 atom stereocenters. The number of anilines is 1. The molecule has 0 radical (unpaired) electrons. The number of hydrogen-bond donors (Lipinski definition) is 2. The van der Waals surface area contributed by atoms with Crippen LogP contribution in [0.15, 0.2) is 24.3 Å². The van der Waals surface area contributed by atoms with Gasteiger partial charge in [-0.2, -0.15) is 0 Å². The predicted molar refractivity (Wildman–Crippen MR) is 71.0 cm³/mol. The highest BCUT2D eigenvalue weighted by molar-refractivity contribution is 6.35. The van der Waals surface area contributed by atoms with E-state index < -0.39 is 34.6 Å². The summed E-state index contributed by atoms with van der Waals surface area (Å²) in [6, 6.07) is 4.58. The number of nitrogens with zero attached hydrogens (tertiary/aromatic N) is 1. The van der Waals surface area contributed by atoms with Crippen LogP contribution in [0.25, 0.3) is 11.3 Å². The molecule has 2 rings (SSSR count). The first-order valence-electron chi connectivity index (χ1n) is 5.59. The van der Waals surface area contributed by atoms with Crippen molar-refractivity contribution in [2.45, 2.75) is 6.43 Å². The summed E-state index contributed by atoms with van der Waals surface area (Å²) < 4.78 is 39.0. The van der Waals surface area contributed by atoms with E-state index in [-0.39, 0.29) is 16.8 Å². The number of carbonyl (C=O) groups is 1. The fraction of sp³-hybridized carbons (Fsp3) is 0.0769. The van der Waals surface area contributed by atoms with Crippen molar-refractivity contribution in [2.24, 2.45) is 0 Å². The summed E-state index contributed by atoms with van der Waals surface area (Å²) in [7, 11) is 0. The van der Waals surface area contributed by atoms with Crippen LogP contribution in [-0.4, -0.2) is 16.1 Å². The highest BCUT2D eigenvalue weighted by atomic mass is 35.5. The molecule has 0 bridgehead atoms. The Kier molecular flexibility index (Phi) is 4.04. The van der Waals surface area contributed by atoms with Crippen molar-refractivity contribution >= 4 is 23.3 Å². The Hall–Kier alpha value is -2.28. The molecule has 4 nitrogen and oxygen atoms in total. The standard InChI is InChI=1S/C13H8ClF3N2O2/c14-7-9(18)8(15)10(19-11(7)13(20)21)5-1-3-6(4-2-5)12(16)17/h1-4,12H,(H2,18,19)(H,20,21). The summed E-state index contributed by atoms with van der Waals surface area (Å²) >= 11 is 5.61. The van der Waals surface area contributed by atoms with E-state index in [2.05, 4.69) is 4.98 Å². The lowest BCUT2D eigenvalue weighted by Crippen LogP contribution is -2.08. The molecule has 0 aliphatic heterocycles. The first-order valence-corrected chi connectivity index (χ1v) is 5.97. The molecule has 0 saturated heterocycles. The number of aromatic nitrogens is 1. The summed E-state index contributed by atoms with van der Waals surface area (Å²) in [5.41, 5.74) is 3.74. The van der Waals surface area contributed by atoms with Crippen molar-refractivity contribution in [1.29, 1.82) is 0 Å². The second-order valence-corrected chi connectivity index (χ2v) is 4.46. The number of pyridine rings is 1. The summed E-state index contributed by atoms with van der Waals surface area (Å²) in [4.78, 5) is 14.6. The summed E-state index contributed by atoms with van der Waals surface area (Å²) in [6.07, 6.45) is -2.67. The number of halogens is 4. The SMILES string of the molecule is Nc1c(F)c(-c2ccc(C(F)F)cc2)nc(C(=O)O)c1Cl. The minimum absolute atomic E-state index is 0.114. The largest absolute Gasteiger partial charge is 0.476 e. The van der Waals surface area contributed by atoms with Gasteiger partial charge in [-0.1, -0.05) is 35.9 Å². The molecular weight excluding hydrogens is 309 g/mol. The van der Waals surface area contributed by atoms with Gasteiger partial charge in [-0.05, 0) is 0 Å². The van der Waals surface area contributed by atoms with Crippen LogP contribution >= 0.6 is 11.6 Å². The van der Waals surface area contributed by atoms with E-state index in [1.807, 2.05) is 0 Å². The Bertz CT molecular complexity index is 706. The van der Waals surface area contributed by atoms with E-state index in [1.165, 1.54) is 12.1 Å². The third-order valence-corrected chi connectivity index (χ3v) is 3.13. The molecule has 3 N–H and O–H groups in total. The van der Waals surface area contributed by atoms with Gasteiger partial charge in [-0.15, -0.1) is 0 Å². The topological polar surface area (TPSA) is 76.2 Å². The molecule has 1 heterocycles. The summed E-state index contributed by atoms with van der Waals surface area (Å²) in [5.74, 6) is -2.48. The molecule has 110 valence electrons. The molecular formula is C13H8ClF3N2O2. The Morgan fingerprint density at radius 1 is 1.29 bits per heavy atom. The fourth-order valence-electron chi connectivity index (χ4n) is 1.68. The first-order chi connectivity index (χ1) is 9.82. The van der Waals surface area contributed by atoms with Gasteiger partial charge in [0.25, 0.3) is 6.43 Å². The van der Waals surface area contributed by atoms with Gasteiger partial charge in [-0.3, -0.25) is 0 Å². The molecule has 0 amide bonds. The van der Waals surface area contributed by atoms with E-state index in [1.54, 1.807) is 0 Å². The Morgan fingerprint density at radius 2 is 1.86 bits per heavy atom. The average Bonchev–Trinajstić information content (AvgIpc) is 2.45. The monoisotopic (exact) mass is 316 g/mol. The quantitative estimate of drug-likeness (QED) is 0.904. The average molecular weight is 317 g/mol. The number of rotatable bonds is 3. The molecule has 21 heavy (non-hydrogen) atoms. The highest BCUT2D eigenvalue weighted by Crippen LogP contribution is 2.32. The van der Waals surface area contributed by atoms with Crippen LogP contribution in [0.2, 0.25) is 5.02 Å². The fourth-order valence-corrected chi connectivity index (χ4v) is 1.89.